The molecule has 2 atom stereocenters. The molecule has 0 bridgehead atoms. The Labute approximate surface area is 73.9 Å². The van der Waals surface area contributed by atoms with Crippen LogP contribution in [0.4, 0.5) is 0 Å². The lowest BCUT2D eigenvalue weighted by Gasteiger charge is -2.09. The first-order chi connectivity index (χ1) is 4.66. The van der Waals surface area contributed by atoms with Crippen molar-refractivity contribution in [2.75, 3.05) is 6.54 Å². The summed E-state index contributed by atoms with van der Waals surface area (Å²) in [6.07, 6.45) is 0.287. The van der Waals surface area contributed by atoms with Crippen LogP contribution in [0.2, 0.25) is 0 Å². The van der Waals surface area contributed by atoms with Crippen molar-refractivity contribution >= 4 is 28.8 Å². The number of hydrogen-bond donors (Lipinski definition) is 1. The van der Waals surface area contributed by atoms with Crippen LogP contribution in [-0.2, 0) is 4.79 Å². The molecule has 0 saturated heterocycles. The van der Waals surface area contributed by atoms with E-state index in [0.717, 1.165) is 0 Å². The van der Waals surface area contributed by atoms with Gasteiger partial charge < -0.3 is 5.11 Å². The van der Waals surface area contributed by atoms with Crippen LogP contribution >= 0.6 is 22.9 Å². The molecule has 1 aliphatic carbocycles. The van der Waals surface area contributed by atoms with Crippen molar-refractivity contribution in [3.8, 4) is 0 Å². The molecular weight excluding hydrogens is 245 g/mol. The van der Waals surface area contributed by atoms with E-state index in [0.29, 0.717) is 13.0 Å². The lowest BCUT2D eigenvalue weighted by atomic mass is 10.4. The summed E-state index contributed by atoms with van der Waals surface area (Å²) in [5.74, 6) is -0.0348. The lowest BCUT2D eigenvalue weighted by Crippen LogP contribution is -2.23. The SMILES string of the molecule is CCN(I)C(=O)C1CC1O. The van der Waals surface area contributed by atoms with Gasteiger partial charge in [-0.3, -0.25) is 7.91 Å². The summed E-state index contributed by atoms with van der Waals surface area (Å²) >= 11 is 1.97. The van der Waals surface area contributed by atoms with E-state index in [9.17, 15) is 4.79 Å². The molecule has 10 heavy (non-hydrogen) atoms. The van der Waals surface area contributed by atoms with Gasteiger partial charge in [0.2, 0.25) is 5.91 Å². The van der Waals surface area contributed by atoms with E-state index in [1.165, 1.54) is 0 Å². The van der Waals surface area contributed by atoms with Gasteiger partial charge in [0.05, 0.1) is 34.9 Å². The number of nitrogens with zero attached hydrogens (tertiary/aromatic N) is 1. The van der Waals surface area contributed by atoms with Crippen LogP contribution in [0.3, 0.4) is 0 Å². The van der Waals surface area contributed by atoms with Crippen molar-refractivity contribution in [3.63, 3.8) is 0 Å². The Morgan fingerprint density at radius 3 is 2.70 bits per heavy atom. The number of carbonyl (C=O) groups excluding carboxylic acids is 1. The third-order valence-corrected chi connectivity index (χ3v) is 2.75. The first-order valence-electron chi connectivity index (χ1n) is 3.32. The first-order valence-corrected chi connectivity index (χ1v) is 4.28. The van der Waals surface area contributed by atoms with Crippen molar-refractivity contribution in [2.24, 2.45) is 5.92 Å². The average molecular weight is 255 g/mol. The molecular formula is C6H10INO2. The molecule has 0 aromatic heterocycles. The second-order valence-electron chi connectivity index (χ2n) is 2.43. The zero-order valence-corrected chi connectivity index (χ0v) is 7.91. The van der Waals surface area contributed by atoms with E-state index in [-0.39, 0.29) is 17.9 Å². The van der Waals surface area contributed by atoms with Gasteiger partial charge in [0.25, 0.3) is 0 Å². The van der Waals surface area contributed by atoms with Crippen molar-refractivity contribution in [1.82, 2.24) is 3.11 Å². The number of aliphatic hydroxyl groups excluding tert-OH is 1. The van der Waals surface area contributed by atoms with Crippen molar-refractivity contribution in [3.05, 3.63) is 0 Å². The van der Waals surface area contributed by atoms with E-state index in [1.54, 1.807) is 3.11 Å². The summed E-state index contributed by atoms with van der Waals surface area (Å²) in [4.78, 5) is 11.1. The Kier molecular flexibility index (Phi) is 2.51. The van der Waals surface area contributed by atoms with Crippen LogP contribution in [-0.4, -0.2) is 26.8 Å². The zero-order valence-electron chi connectivity index (χ0n) is 5.75. The van der Waals surface area contributed by atoms with Gasteiger partial charge in [-0.15, -0.1) is 0 Å². The summed E-state index contributed by atoms with van der Waals surface area (Å²) in [5.41, 5.74) is 0. The van der Waals surface area contributed by atoms with Gasteiger partial charge in [-0.25, -0.2) is 0 Å². The summed E-state index contributed by atoms with van der Waals surface area (Å²) in [6.45, 7) is 2.63. The Bertz CT molecular complexity index is 145. The lowest BCUT2D eigenvalue weighted by molar-refractivity contribution is -0.127. The standard InChI is InChI=1S/C6H10INO2/c1-2-8(7)6(10)4-3-5(4)9/h4-5,9H,2-3H2,1H3. The van der Waals surface area contributed by atoms with Crippen molar-refractivity contribution in [2.45, 2.75) is 19.4 Å². The molecule has 0 aromatic carbocycles. The molecule has 1 N–H and O–H groups in total. The summed E-state index contributed by atoms with van der Waals surface area (Å²) < 4.78 is 1.61. The maximum Gasteiger partial charge on any atom is 0.237 e. The average Bonchev–Trinajstić information content (AvgIpc) is 2.63. The van der Waals surface area contributed by atoms with Gasteiger partial charge in [-0.2, -0.15) is 0 Å². The topological polar surface area (TPSA) is 40.5 Å². The van der Waals surface area contributed by atoms with Crippen LogP contribution in [0.5, 0.6) is 0 Å². The molecule has 0 aromatic rings. The number of halogens is 1. The summed E-state index contributed by atoms with van der Waals surface area (Å²) in [5, 5.41) is 8.89. The fraction of sp³-hybridized carbons (Fsp3) is 0.833. The molecule has 0 aliphatic heterocycles. The Hall–Kier alpha value is 0.160. The fourth-order valence-electron chi connectivity index (χ4n) is 0.783. The third-order valence-electron chi connectivity index (χ3n) is 1.59. The van der Waals surface area contributed by atoms with Crippen LogP contribution in [0.1, 0.15) is 13.3 Å². The van der Waals surface area contributed by atoms with Gasteiger partial charge in [0, 0.05) is 6.54 Å². The number of amides is 1. The van der Waals surface area contributed by atoms with Crippen LogP contribution in [0.25, 0.3) is 0 Å². The Morgan fingerprint density at radius 1 is 1.90 bits per heavy atom. The fourth-order valence-corrected chi connectivity index (χ4v) is 1.14. The molecule has 1 rings (SSSR count). The number of rotatable bonds is 2. The number of aliphatic hydroxyl groups is 1. The highest BCUT2D eigenvalue weighted by atomic mass is 127. The third kappa shape index (κ3) is 1.60. The molecule has 2 unspecified atom stereocenters. The second-order valence-corrected chi connectivity index (χ2v) is 3.59. The molecule has 0 heterocycles. The Morgan fingerprint density at radius 2 is 2.40 bits per heavy atom. The molecule has 1 saturated carbocycles. The first kappa shape index (κ1) is 8.26. The smallest absolute Gasteiger partial charge is 0.237 e. The highest BCUT2D eigenvalue weighted by molar-refractivity contribution is 14.1. The number of hydrogen-bond acceptors (Lipinski definition) is 2. The highest BCUT2D eigenvalue weighted by Gasteiger charge is 2.43. The molecule has 0 spiro atoms. The molecule has 4 heteroatoms. The number of carbonyl (C=O) groups is 1. The monoisotopic (exact) mass is 255 g/mol. The summed E-state index contributed by atoms with van der Waals surface area (Å²) in [6, 6.07) is 0. The zero-order chi connectivity index (χ0) is 7.72. The predicted molar refractivity (Wildman–Crippen MR) is 45.5 cm³/mol. The normalized spacial score (nSPS) is 29.9. The second kappa shape index (κ2) is 3.04. The van der Waals surface area contributed by atoms with Gasteiger partial charge in [-0.05, 0) is 13.3 Å². The minimum Gasteiger partial charge on any atom is -0.392 e. The van der Waals surface area contributed by atoms with Crippen LogP contribution in [0.15, 0.2) is 0 Å². The predicted octanol–water partition coefficient (Wildman–Crippen LogP) is 0.566. The van der Waals surface area contributed by atoms with Gasteiger partial charge >= 0.3 is 0 Å². The minimum absolute atomic E-state index is 0.0654. The van der Waals surface area contributed by atoms with E-state index in [2.05, 4.69) is 0 Å². The summed E-state index contributed by atoms with van der Waals surface area (Å²) in [7, 11) is 0. The maximum atomic E-state index is 11.1. The van der Waals surface area contributed by atoms with Crippen molar-refractivity contribution in [1.29, 1.82) is 0 Å². The van der Waals surface area contributed by atoms with E-state index in [1.807, 2.05) is 29.8 Å². The molecule has 58 valence electrons. The van der Waals surface area contributed by atoms with E-state index in [4.69, 9.17) is 5.11 Å². The molecule has 1 fully saturated rings. The molecule has 1 aliphatic rings. The maximum absolute atomic E-state index is 11.1. The Balaban J connectivity index is 2.35. The molecule has 1 amide bonds. The largest absolute Gasteiger partial charge is 0.392 e. The van der Waals surface area contributed by atoms with Crippen LogP contribution in [0, 0.1) is 5.92 Å². The minimum atomic E-state index is -0.365. The van der Waals surface area contributed by atoms with Crippen LogP contribution < -0.4 is 0 Å². The molecule has 0 radical (unpaired) electrons. The quantitative estimate of drug-likeness (QED) is 0.578. The van der Waals surface area contributed by atoms with E-state index < -0.39 is 0 Å². The molecule has 3 nitrogen and oxygen atoms in total. The van der Waals surface area contributed by atoms with E-state index >= 15 is 0 Å². The van der Waals surface area contributed by atoms with Gasteiger partial charge in [0.15, 0.2) is 0 Å². The van der Waals surface area contributed by atoms with Gasteiger partial charge in [-0.1, -0.05) is 0 Å². The van der Waals surface area contributed by atoms with Crippen molar-refractivity contribution < 1.29 is 9.90 Å². The van der Waals surface area contributed by atoms with Gasteiger partial charge in [0.1, 0.15) is 0 Å². The highest BCUT2D eigenvalue weighted by Crippen LogP contribution is 2.32.